The van der Waals surface area contributed by atoms with Crippen molar-refractivity contribution in [3.8, 4) is 6.07 Å². The number of carbonyl (C=O) groups excluding carboxylic acids is 1. The van der Waals surface area contributed by atoms with E-state index >= 15 is 0 Å². The Bertz CT molecular complexity index is 822. The number of aromatic nitrogens is 1. The smallest absolute Gasteiger partial charge is 0.297 e. The molecule has 1 aromatic heterocycles. The average Bonchev–Trinajstić information content (AvgIpc) is 3.23. The quantitative estimate of drug-likeness (QED) is 0.818. The third-order valence-electron chi connectivity index (χ3n) is 4.12. The zero-order valence-corrected chi connectivity index (χ0v) is 13.5. The van der Waals surface area contributed by atoms with Crippen LogP contribution >= 0.6 is 11.3 Å². The van der Waals surface area contributed by atoms with Gasteiger partial charge in [0.1, 0.15) is 5.01 Å². The van der Waals surface area contributed by atoms with E-state index in [0.717, 1.165) is 11.8 Å². The number of benzene rings is 1. The van der Waals surface area contributed by atoms with Gasteiger partial charge in [-0.1, -0.05) is 18.2 Å². The highest BCUT2D eigenvalue weighted by Gasteiger charge is 2.49. The van der Waals surface area contributed by atoms with E-state index in [9.17, 15) is 23.2 Å². The number of hydrogen-bond acceptors (Lipinski definition) is 4. The molecule has 1 aromatic carbocycles. The summed E-state index contributed by atoms with van der Waals surface area (Å²) in [5.41, 5.74) is 0.150. The second-order valence-corrected chi connectivity index (χ2v) is 6.71. The third-order valence-corrected chi connectivity index (χ3v) is 5.15. The van der Waals surface area contributed by atoms with Crippen LogP contribution in [0.1, 0.15) is 40.1 Å². The number of Topliss-reactive ketones (excluding diaryl/α,β-unsaturated/α-hetero) is 1. The van der Waals surface area contributed by atoms with E-state index in [0.29, 0.717) is 11.4 Å². The molecule has 24 heavy (non-hydrogen) atoms. The van der Waals surface area contributed by atoms with Gasteiger partial charge < -0.3 is 0 Å². The van der Waals surface area contributed by atoms with Gasteiger partial charge >= 0.3 is 6.18 Å². The first-order valence-electron chi connectivity index (χ1n) is 7.34. The number of hydrogen-bond donors (Lipinski definition) is 0. The number of halogens is 3. The Hall–Kier alpha value is -2.20. The van der Waals surface area contributed by atoms with Gasteiger partial charge in [0.2, 0.25) is 0 Å². The summed E-state index contributed by atoms with van der Waals surface area (Å²) in [7, 11) is 0. The minimum atomic E-state index is -4.45. The van der Waals surface area contributed by atoms with Gasteiger partial charge in [0.15, 0.2) is 11.7 Å². The van der Waals surface area contributed by atoms with Crippen molar-refractivity contribution in [1.29, 1.82) is 5.26 Å². The second kappa shape index (κ2) is 6.02. The Morgan fingerprint density at radius 3 is 2.71 bits per heavy atom. The summed E-state index contributed by atoms with van der Waals surface area (Å²) in [4.78, 5) is 16.7. The van der Waals surface area contributed by atoms with Crippen LogP contribution in [0, 0.1) is 24.2 Å². The van der Waals surface area contributed by atoms with Crippen molar-refractivity contribution in [2.75, 3.05) is 0 Å². The lowest BCUT2D eigenvalue weighted by atomic mass is 9.96. The molecule has 0 saturated heterocycles. The zero-order chi connectivity index (χ0) is 17.5. The Kier molecular flexibility index (Phi) is 4.18. The largest absolute Gasteiger partial charge is 0.416 e. The van der Waals surface area contributed by atoms with Gasteiger partial charge in [-0.2, -0.15) is 18.4 Å². The van der Waals surface area contributed by atoms with Gasteiger partial charge in [0, 0.05) is 17.0 Å². The van der Waals surface area contributed by atoms with Gasteiger partial charge in [0.25, 0.3) is 0 Å². The summed E-state index contributed by atoms with van der Waals surface area (Å²) in [5.74, 6) is -2.37. The highest BCUT2D eigenvalue weighted by Crippen LogP contribution is 2.53. The van der Waals surface area contributed by atoms with Gasteiger partial charge in [-0.15, -0.1) is 11.3 Å². The van der Waals surface area contributed by atoms with Crippen LogP contribution in [0.4, 0.5) is 13.2 Å². The normalized spacial score (nSPS) is 21.1. The summed E-state index contributed by atoms with van der Waals surface area (Å²) in [6.45, 7) is 1.76. The molecule has 0 N–H and O–H groups in total. The van der Waals surface area contributed by atoms with Crippen molar-refractivity contribution in [3.05, 3.63) is 51.5 Å². The maximum atomic E-state index is 13.1. The number of alkyl halides is 3. The van der Waals surface area contributed by atoms with Gasteiger partial charge in [-0.3, -0.25) is 4.79 Å². The maximum Gasteiger partial charge on any atom is 0.416 e. The highest BCUT2D eigenvalue weighted by atomic mass is 32.1. The van der Waals surface area contributed by atoms with E-state index < -0.39 is 29.5 Å². The van der Waals surface area contributed by atoms with Crippen molar-refractivity contribution in [1.82, 2.24) is 4.98 Å². The van der Waals surface area contributed by atoms with Crippen molar-refractivity contribution >= 4 is 17.1 Å². The van der Waals surface area contributed by atoms with E-state index in [1.807, 2.05) is 6.07 Å². The standard InChI is InChI=1S/C17H13F3N2OS/c1-9-8-24-16(22-9)13(7-21)15(23)12-6-11(12)10-4-2-3-5-14(10)17(18,19)20/h2-5,8,11-13H,6H2,1H3/t11-,12-,13+/m0/s1. The molecule has 1 heterocycles. The minimum Gasteiger partial charge on any atom is -0.297 e. The number of ketones is 1. The average molecular weight is 350 g/mol. The number of thiazole rings is 1. The molecule has 2 aromatic rings. The van der Waals surface area contributed by atoms with Gasteiger partial charge in [0.05, 0.1) is 11.6 Å². The fourth-order valence-corrected chi connectivity index (χ4v) is 3.74. The highest BCUT2D eigenvalue weighted by molar-refractivity contribution is 7.09. The van der Waals surface area contributed by atoms with Crippen LogP contribution in [0.5, 0.6) is 0 Å². The predicted molar refractivity (Wildman–Crippen MR) is 82.5 cm³/mol. The second-order valence-electron chi connectivity index (χ2n) is 5.83. The van der Waals surface area contributed by atoms with Crippen LogP contribution in [-0.2, 0) is 11.0 Å². The van der Waals surface area contributed by atoms with Crippen LogP contribution in [0.2, 0.25) is 0 Å². The van der Waals surface area contributed by atoms with E-state index in [4.69, 9.17) is 0 Å². The van der Waals surface area contributed by atoms with Crippen molar-refractivity contribution in [2.45, 2.75) is 31.4 Å². The molecule has 1 aliphatic carbocycles. The summed E-state index contributed by atoms with van der Waals surface area (Å²) in [5, 5.41) is 11.5. The molecule has 0 radical (unpaired) electrons. The molecular weight excluding hydrogens is 337 g/mol. The first kappa shape index (κ1) is 16.7. The SMILES string of the molecule is Cc1csc([C@H](C#N)C(=O)[C@H]2C[C@H]2c2ccccc2C(F)(F)F)n1. The molecule has 1 aliphatic rings. The third kappa shape index (κ3) is 3.06. The summed E-state index contributed by atoms with van der Waals surface area (Å²) >= 11 is 1.23. The number of nitrogens with zero attached hydrogens (tertiary/aromatic N) is 2. The molecule has 0 bridgehead atoms. The van der Waals surface area contributed by atoms with E-state index in [1.54, 1.807) is 12.3 Å². The van der Waals surface area contributed by atoms with Crippen LogP contribution in [0.3, 0.4) is 0 Å². The molecule has 0 unspecified atom stereocenters. The minimum absolute atomic E-state index is 0.135. The summed E-state index contributed by atoms with van der Waals surface area (Å²) in [6.07, 6.45) is -4.11. The molecule has 3 nitrogen and oxygen atoms in total. The van der Waals surface area contributed by atoms with Crippen LogP contribution < -0.4 is 0 Å². The molecule has 0 amide bonds. The lowest BCUT2D eigenvalue weighted by Gasteiger charge is -2.12. The Balaban J connectivity index is 1.83. The van der Waals surface area contributed by atoms with Gasteiger partial charge in [-0.05, 0) is 30.9 Å². The first-order valence-corrected chi connectivity index (χ1v) is 8.22. The maximum absolute atomic E-state index is 13.1. The lowest BCUT2D eigenvalue weighted by Crippen LogP contribution is -2.15. The van der Waals surface area contributed by atoms with E-state index in [-0.39, 0.29) is 11.3 Å². The fraction of sp³-hybridized carbons (Fsp3) is 0.353. The van der Waals surface area contributed by atoms with Crippen LogP contribution in [0.25, 0.3) is 0 Å². The monoisotopic (exact) mass is 350 g/mol. The Morgan fingerprint density at radius 1 is 1.42 bits per heavy atom. The van der Waals surface area contributed by atoms with Crippen LogP contribution in [-0.4, -0.2) is 10.8 Å². The van der Waals surface area contributed by atoms with E-state index in [1.165, 1.54) is 29.5 Å². The van der Waals surface area contributed by atoms with Crippen molar-refractivity contribution in [3.63, 3.8) is 0 Å². The van der Waals surface area contributed by atoms with Crippen molar-refractivity contribution in [2.24, 2.45) is 5.92 Å². The predicted octanol–water partition coefficient (Wildman–Crippen LogP) is 4.45. The molecule has 3 atom stereocenters. The lowest BCUT2D eigenvalue weighted by molar-refractivity contribution is -0.138. The fourth-order valence-electron chi connectivity index (χ4n) is 2.89. The molecule has 1 fully saturated rings. The molecule has 0 aliphatic heterocycles. The zero-order valence-electron chi connectivity index (χ0n) is 12.7. The molecule has 7 heteroatoms. The molecule has 0 spiro atoms. The topological polar surface area (TPSA) is 53.8 Å². The molecule has 3 rings (SSSR count). The van der Waals surface area contributed by atoms with Gasteiger partial charge in [-0.25, -0.2) is 4.98 Å². The Morgan fingerprint density at radius 2 is 2.12 bits per heavy atom. The molecule has 1 saturated carbocycles. The van der Waals surface area contributed by atoms with Crippen LogP contribution in [0.15, 0.2) is 29.6 Å². The summed E-state index contributed by atoms with van der Waals surface area (Å²) < 4.78 is 39.3. The Labute approximate surface area is 140 Å². The van der Waals surface area contributed by atoms with Crippen molar-refractivity contribution < 1.29 is 18.0 Å². The van der Waals surface area contributed by atoms with E-state index in [2.05, 4.69) is 4.98 Å². The molecular formula is C17H13F3N2OS. The first-order chi connectivity index (χ1) is 11.3. The number of carbonyl (C=O) groups is 1. The molecule has 124 valence electrons. The number of aryl methyl sites for hydroxylation is 1. The number of nitriles is 1. The number of rotatable bonds is 4. The summed E-state index contributed by atoms with van der Waals surface area (Å²) in [6, 6.07) is 7.26.